The Morgan fingerprint density at radius 2 is 1.69 bits per heavy atom. The van der Waals surface area contributed by atoms with Crippen molar-refractivity contribution in [1.29, 1.82) is 0 Å². The molecule has 3 amide bonds. The number of aryl methyl sites for hydroxylation is 2. The van der Waals surface area contributed by atoms with Crippen molar-refractivity contribution in [3.63, 3.8) is 0 Å². The number of amides is 3. The number of carbonyl (C=O) groups excluding carboxylic acids is 4. The fourth-order valence-electron chi connectivity index (χ4n) is 6.60. The van der Waals surface area contributed by atoms with E-state index in [4.69, 9.17) is 14.2 Å². The van der Waals surface area contributed by atoms with E-state index in [1.54, 1.807) is 32.9 Å². The number of pyridine rings is 1. The van der Waals surface area contributed by atoms with Crippen LogP contribution < -0.4 is 15.4 Å². The van der Waals surface area contributed by atoms with Gasteiger partial charge < -0.3 is 29.7 Å². The van der Waals surface area contributed by atoms with Gasteiger partial charge in [-0.15, -0.1) is 11.3 Å². The summed E-state index contributed by atoms with van der Waals surface area (Å²) in [5.41, 5.74) is 4.42. The summed E-state index contributed by atoms with van der Waals surface area (Å²) in [6.07, 6.45) is -0.819. The SMILES string of the molecule is COC(=O)c1nc(C(=O)N2CCC(F)(F)CC2)ccc1-c1cc2c(cc1C(=O)Nc1c(C)cc(CNC(=O)OC(C)(C)C)cc1C)-c1sccc1CCO2. The number of piperidine rings is 1. The third-order valence-electron chi connectivity index (χ3n) is 9.22. The standard InChI is InChI=1S/C40H42F2N4O7S/c1-22-17-24(21-43-38(50)53-39(3,4)5)18-23(2)32(22)45-35(47)28-19-29-31(52-15-9-25-10-16-54-34(25)29)20-27(28)26-7-8-30(44-33(26)37(49)51-6)36(48)46-13-11-40(41,42)12-14-46/h7-8,10,16-20H,9,11-15,21H2,1-6H3,(H,43,50)(H,45,47). The number of rotatable bonds is 7. The second-order valence-electron chi connectivity index (χ2n) is 14.4. The van der Waals surface area contributed by atoms with E-state index >= 15 is 0 Å². The number of thiophene rings is 1. The van der Waals surface area contributed by atoms with Crippen LogP contribution in [0, 0.1) is 13.8 Å². The van der Waals surface area contributed by atoms with Crippen molar-refractivity contribution in [3.05, 3.63) is 87.0 Å². The highest BCUT2D eigenvalue weighted by Crippen LogP contribution is 2.43. The highest BCUT2D eigenvalue weighted by atomic mass is 32.1. The molecule has 0 saturated carbocycles. The lowest BCUT2D eigenvalue weighted by Crippen LogP contribution is -2.43. The summed E-state index contributed by atoms with van der Waals surface area (Å²) in [7, 11) is 1.18. The zero-order chi connectivity index (χ0) is 38.9. The molecule has 2 aromatic heterocycles. The smallest absolute Gasteiger partial charge is 0.407 e. The predicted octanol–water partition coefficient (Wildman–Crippen LogP) is 7.96. The quantitative estimate of drug-likeness (QED) is 0.181. The van der Waals surface area contributed by atoms with Gasteiger partial charge in [0.2, 0.25) is 0 Å². The number of esters is 1. The number of nitrogens with one attached hydrogen (secondary N) is 2. The summed E-state index contributed by atoms with van der Waals surface area (Å²) in [5, 5.41) is 7.80. The Morgan fingerprint density at radius 3 is 2.35 bits per heavy atom. The van der Waals surface area contributed by atoms with Crippen LogP contribution in [0.2, 0.25) is 0 Å². The number of methoxy groups -OCH3 is 1. The number of hydrogen-bond acceptors (Lipinski definition) is 9. The Morgan fingerprint density at radius 1 is 0.981 bits per heavy atom. The molecule has 54 heavy (non-hydrogen) atoms. The predicted molar refractivity (Wildman–Crippen MR) is 201 cm³/mol. The van der Waals surface area contributed by atoms with Gasteiger partial charge in [0, 0.05) is 71.7 Å². The lowest BCUT2D eigenvalue weighted by atomic mass is 9.93. The molecule has 2 aliphatic heterocycles. The Balaban J connectivity index is 1.39. The van der Waals surface area contributed by atoms with Gasteiger partial charge in [0.25, 0.3) is 17.7 Å². The summed E-state index contributed by atoms with van der Waals surface area (Å²) in [4.78, 5) is 60.1. The molecule has 2 aliphatic rings. The molecule has 1 saturated heterocycles. The van der Waals surface area contributed by atoms with Crippen LogP contribution >= 0.6 is 11.3 Å². The number of halogens is 2. The monoisotopic (exact) mass is 760 g/mol. The number of aromatic nitrogens is 1. The number of carbonyl (C=O) groups is 4. The highest BCUT2D eigenvalue weighted by Gasteiger charge is 2.36. The average molecular weight is 761 g/mol. The van der Waals surface area contributed by atoms with E-state index in [-0.39, 0.29) is 42.1 Å². The van der Waals surface area contributed by atoms with Gasteiger partial charge in [0.05, 0.1) is 13.7 Å². The van der Waals surface area contributed by atoms with Gasteiger partial charge in [0.15, 0.2) is 5.69 Å². The molecule has 0 bridgehead atoms. The fourth-order valence-corrected chi connectivity index (χ4v) is 7.57. The number of alkyl halides is 2. The van der Waals surface area contributed by atoms with Crippen LogP contribution in [0.4, 0.5) is 19.3 Å². The molecule has 6 rings (SSSR count). The second kappa shape index (κ2) is 15.2. The Kier molecular flexibility index (Phi) is 10.8. The summed E-state index contributed by atoms with van der Waals surface area (Å²) in [6, 6.07) is 12.1. The van der Waals surface area contributed by atoms with Crippen LogP contribution in [0.25, 0.3) is 21.6 Å². The maximum absolute atomic E-state index is 14.5. The van der Waals surface area contributed by atoms with Crippen molar-refractivity contribution >= 4 is 40.9 Å². The number of fused-ring (bicyclic) bond motifs is 3. The summed E-state index contributed by atoms with van der Waals surface area (Å²) >= 11 is 1.53. The minimum absolute atomic E-state index is 0.114. The molecule has 0 unspecified atom stereocenters. The van der Waals surface area contributed by atoms with Gasteiger partial charge in [-0.1, -0.05) is 12.1 Å². The van der Waals surface area contributed by atoms with Gasteiger partial charge >= 0.3 is 12.1 Å². The number of benzene rings is 2. The molecule has 284 valence electrons. The first-order chi connectivity index (χ1) is 25.5. The first-order valence-corrected chi connectivity index (χ1v) is 18.4. The maximum Gasteiger partial charge on any atom is 0.407 e. The second-order valence-corrected chi connectivity index (χ2v) is 15.3. The first kappa shape index (κ1) is 38.4. The molecule has 2 N–H and O–H groups in total. The number of nitrogens with zero attached hydrogens (tertiary/aromatic N) is 2. The maximum atomic E-state index is 14.5. The number of alkyl carbamates (subject to hydrolysis) is 1. The molecular formula is C40H42F2N4O7S. The van der Waals surface area contributed by atoms with Crippen LogP contribution in [0.1, 0.15) is 87.2 Å². The lowest BCUT2D eigenvalue weighted by Gasteiger charge is -2.31. The number of likely N-dealkylation sites (tertiary alicyclic amines) is 1. The van der Waals surface area contributed by atoms with Gasteiger partial charge in [-0.2, -0.15) is 0 Å². The summed E-state index contributed by atoms with van der Waals surface area (Å²) < 4.78 is 44.3. The van der Waals surface area contributed by atoms with E-state index in [1.807, 2.05) is 37.4 Å². The minimum atomic E-state index is -2.85. The largest absolute Gasteiger partial charge is 0.493 e. The van der Waals surface area contributed by atoms with Crippen molar-refractivity contribution in [3.8, 4) is 27.3 Å². The lowest BCUT2D eigenvalue weighted by molar-refractivity contribution is -0.0495. The molecular weight excluding hydrogens is 719 g/mol. The van der Waals surface area contributed by atoms with E-state index in [0.29, 0.717) is 35.6 Å². The van der Waals surface area contributed by atoms with Gasteiger partial charge in [-0.3, -0.25) is 9.59 Å². The number of hydrogen-bond donors (Lipinski definition) is 2. The van der Waals surface area contributed by atoms with Gasteiger partial charge in [-0.25, -0.2) is 23.4 Å². The molecule has 0 atom stereocenters. The van der Waals surface area contributed by atoms with Gasteiger partial charge in [0.1, 0.15) is 17.0 Å². The third-order valence-corrected chi connectivity index (χ3v) is 10.2. The Bertz CT molecular complexity index is 2110. The third kappa shape index (κ3) is 8.38. The van der Waals surface area contributed by atoms with Crippen LogP contribution in [0.3, 0.4) is 0 Å². The molecule has 0 spiro atoms. The fraction of sp³-hybridized carbons (Fsp3) is 0.375. The van der Waals surface area contributed by atoms with E-state index in [2.05, 4.69) is 15.6 Å². The zero-order valence-corrected chi connectivity index (χ0v) is 31.8. The minimum Gasteiger partial charge on any atom is -0.493 e. The number of ether oxygens (including phenoxy) is 3. The van der Waals surface area contributed by atoms with E-state index in [1.165, 1.54) is 35.5 Å². The van der Waals surface area contributed by atoms with Crippen molar-refractivity contribution in [2.45, 2.75) is 71.9 Å². The normalized spacial score (nSPS) is 14.9. The van der Waals surface area contributed by atoms with Crippen molar-refractivity contribution in [2.75, 3.05) is 32.1 Å². The van der Waals surface area contributed by atoms with Crippen LogP contribution in [0.15, 0.2) is 47.8 Å². The molecule has 4 aromatic rings. The molecule has 14 heteroatoms. The van der Waals surface area contributed by atoms with Crippen LogP contribution in [-0.4, -0.2) is 72.1 Å². The summed E-state index contributed by atoms with van der Waals surface area (Å²) in [6.45, 7) is 9.35. The molecule has 11 nitrogen and oxygen atoms in total. The zero-order valence-electron chi connectivity index (χ0n) is 31.0. The molecule has 1 fully saturated rings. The highest BCUT2D eigenvalue weighted by molar-refractivity contribution is 7.13. The van der Waals surface area contributed by atoms with Crippen molar-refractivity contribution in [2.24, 2.45) is 0 Å². The average Bonchev–Trinajstić information content (AvgIpc) is 3.51. The topological polar surface area (TPSA) is 136 Å². The van der Waals surface area contributed by atoms with E-state index < -0.39 is 48.2 Å². The van der Waals surface area contributed by atoms with Crippen LogP contribution in [-0.2, 0) is 22.4 Å². The van der Waals surface area contributed by atoms with E-state index in [0.717, 1.165) is 27.1 Å². The molecule has 4 heterocycles. The number of anilines is 1. The van der Waals surface area contributed by atoms with Crippen molar-refractivity contribution in [1.82, 2.24) is 15.2 Å². The molecule has 2 aromatic carbocycles. The summed E-state index contributed by atoms with van der Waals surface area (Å²) in [5.74, 6) is -4.27. The molecule has 0 radical (unpaired) electrons. The van der Waals surface area contributed by atoms with Crippen LogP contribution in [0.5, 0.6) is 5.75 Å². The Labute approximate surface area is 316 Å². The Hall–Kier alpha value is -5.37. The molecule has 0 aliphatic carbocycles. The van der Waals surface area contributed by atoms with E-state index in [9.17, 15) is 28.0 Å². The first-order valence-electron chi connectivity index (χ1n) is 17.6. The van der Waals surface area contributed by atoms with Gasteiger partial charge in [-0.05, 0) is 92.6 Å². The van der Waals surface area contributed by atoms with Crippen molar-refractivity contribution < 1.29 is 42.2 Å².